The van der Waals surface area contributed by atoms with Gasteiger partial charge in [-0.3, -0.25) is 4.79 Å². The molecule has 0 aliphatic heterocycles. The number of aliphatic carboxylic acids is 1. The summed E-state index contributed by atoms with van der Waals surface area (Å²) in [5.41, 5.74) is -1.64. The van der Waals surface area contributed by atoms with E-state index < -0.39 is 47.3 Å². The average molecular weight is 405 g/mol. The molecule has 0 aliphatic carbocycles. The molecule has 9 heteroatoms. The highest BCUT2D eigenvalue weighted by Gasteiger charge is 2.36. The van der Waals surface area contributed by atoms with Gasteiger partial charge in [0.25, 0.3) is 0 Å². The van der Waals surface area contributed by atoms with Crippen molar-refractivity contribution in [2.45, 2.75) is 71.4 Å². The van der Waals surface area contributed by atoms with Crippen molar-refractivity contribution in [1.82, 2.24) is 5.32 Å². The number of alkyl halides is 3. The molecule has 0 saturated carbocycles. The van der Waals surface area contributed by atoms with Gasteiger partial charge in [-0.15, -0.1) is 0 Å². The van der Waals surface area contributed by atoms with Crippen LogP contribution in [0.4, 0.5) is 18.0 Å². The first-order valence-electron chi connectivity index (χ1n) is 8.78. The summed E-state index contributed by atoms with van der Waals surface area (Å²) in [6.07, 6.45) is -6.43. The van der Waals surface area contributed by atoms with Gasteiger partial charge in [0.1, 0.15) is 11.4 Å². The lowest BCUT2D eigenvalue weighted by atomic mass is 10.0. The average Bonchev–Trinajstić information content (AvgIpc) is 2.49. The molecular weight excluding hydrogens is 379 g/mol. The van der Waals surface area contributed by atoms with Crippen molar-refractivity contribution in [3.63, 3.8) is 0 Å². The molecule has 0 unspecified atom stereocenters. The third-order valence-electron chi connectivity index (χ3n) is 3.63. The largest absolute Gasteiger partial charge is 0.490 e. The number of benzene rings is 1. The monoisotopic (exact) mass is 405 g/mol. The maximum absolute atomic E-state index is 13.5. The Labute approximate surface area is 162 Å². The number of alkyl carbamates (subject to hydrolysis) is 1. The predicted octanol–water partition coefficient (Wildman–Crippen LogP) is 4.92. The fraction of sp³-hybridized carbons (Fsp3) is 0.579. The van der Waals surface area contributed by atoms with E-state index in [-0.39, 0.29) is 18.4 Å². The normalized spacial score (nSPS) is 14.1. The summed E-state index contributed by atoms with van der Waals surface area (Å²) in [6.45, 7) is 8.00. The number of para-hydroxylation sites is 1. The van der Waals surface area contributed by atoms with Gasteiger partial charge >= 0.3 is 18.2 Å². The number of rotatable bonds is 7. The summed E-state index contributed by atoms with van der Waals surface area (Å²) in [5.74, 6) is -1.50. The van der Waals surface area contributed by atoms with Gasteiger partial charge < -0.3 is 19.9 Å². The molecule has 158 valence electrons. The van der Waals surface area contributed by atoms with Crippen LogP contribution < -0.4 is 10.1 Å². The van der Waals surface area contributed by atoms with E-state index in [0.29, 0.717) is 0 Å². The summed E-state index contributed by atoms with van der Waals surface area (Å²) in [5, 5.41) is 11.2. The number of carboxylic acids is 1. The van der Waals surface area contributed by atoms with Gasteiger partial charge in [-0.1, -0.05) is 12.1 Å². The Morgan fingerprint density at radius 3 is 2.29 bits per heavy atom. The van der Waals surface area contributed by atoms with Crippen molar-refractivity contribution in [2.24, 2.45) is 0 Å². The molecular formula is C19H26F3NO5. The molecule has 1 amide bonds. The summed E-state index contributed by atoms with van der Waals surface area (Å²) in [6, 6.07) is 2.68. The summed E-state index contributed by atoms with van der Waals surface area (Å²) < 4.78 is 51.0. The fourth-order valence-electron chi connectivity index (χ4n) is 2.40. The molecule has 1 aromatic carbocycles. The van der Waals surface area contributed by atoms with E-state index in [4.69, 9.17) is 14.6 Å². The molecule has 0 saturated heterocycles. The van der Waals surface area contributed by atoms with Crippen molar-refractivity contribution in [2.75, 3.05) is 0 Å². The van der Waals surface area contributed by atoms with E-state index in [1.807, 2.05) is 0 Å². The fourth-order valence-corrected chi connectivity index (χ4v) is 2.40. The van der Waals surface area contributed by atoms with Gasteiger partial charge in [-0.05, 0) is 47.1 Å². The van der Waals surface area contributed by atoms with Crippen LogP contribution in [0.2, 0.25) is 0 Å². The van der Waals surface area contributed by atoms with E-state index in [0.717, 1.165) is 6.07 Å². The molecule has 0 bridgehead atoms. The zero-order chi connectivity index (χ0) is 21.7. The van der Waals surface area contributed by atoms with Gasteiger partial charge in [-0.25, -0.2) is 4.79 Å². The van der Waals surface area contributed by atoms with Crippen molar-refractivity contribution in [3.05, 3.63) is 29.3 Å². The molecule has 6 nitrogen and oxygen atoms in total. The minimum absolute atomic E-state index is 0.0365. The lowest BCUT2D eigenvalue weighted by molar-refractivity contribution is -0.140. The van der Waals surface area contributed by atoms with E-state index >= 15 is 0 Å². The van der Waals surface area contributed by atoms with Gasteiger partial charge in [0.05, 0.1) is 17.7 Å². The Kier molecular flexibility index (Phi) is 7.72. The van der Waals surface area contributed by atoms with Gasteiger partial charge in [0, 0.05) is 12.0 Å². The predicted molar refractivity (Wildman–Crippen MR) is 96.2 cm³/mol. The smallest absolute Gasteiger partial charge is 0.419 e. The third kappa shape index (κ3) is 7.66. The maximum atomic E-state index is 13.5. The van der Waals surface area contributed by atoms with Crippen LogP contribution in [0.15, 0.2) is 18.2 Å². The molecule has 0 heterocycles. The van der Waals surface area contributed by atoms with Crippen molar-refractivity contribution >= 4 is 12.1 Å². The Morgan fingerprint density at radius 1 is 1.18 bits per heavy atom. The second-order valence-electron chi connectivity index (χ2n) is 7.45. The molecule has 28 heavy (non-hydrogen) atoms. The highest BCUT2D eigenvalue weighted by Crippen LogP contribution is 2.40. The number of amides is 1. The maximum Gasteiger partial charge on any atom is 0.419 e. The van der Waals surface area contributed by atoms with E-state index in [9.17, 15) is 22.8 Å². The molecule has 2 atom stereocenters. The number of hydrogen-bond acceptors (Lipinski definition) is 4. The Hall–Kier alpha value is -2.45. The molecule has 0 radical (unpaired) electrons. The van der Waals surface area contributed by atoms with E-state index in [1.54, 1.807) is 20.8 Å². The number of carboxylic acid groups (broad SMARTS) is 1. The van der Waals surface area contributed by atoms with E-state index in [2.05, 4.69) is 5.32 Å². The molecule has 0 spiro atoms. The van der Waals surface area contributed by atoms with Crippen LogP contribution in [0.3, 0.4) is 0 Å². The molecule has 0 fully saturated rings. The number of hydrogen-bond donors (Lipinski definition) is 2. The zero-order valence-corrected chi connectivity index (χ0v) is 16.5. The third-order valence-corrected chi connectivity index (χ3v) is 3.63. The first kappa shape index (κ1) is 23.6. The van der Waals surface area contributed by atoms with Gasteiger partial charge in [0.2, 0.25) is 0 Å². The Balaban J connectivity index is 3.16. The molecule has 1 rings (SSSR count). The van der Waals surface area contributed by atoms with Crippen molar-refractivity contribution in [3.8, 4) is 5.75 Å². The lowest BCUT2D eigenvalue weighted by Gasteiger charge is -2.25. The van der Waals surface area contributed by atoms with Crippen LogP contribution in [0.1, 0.15) is 64.6 Å². The Morgan fingerprint density at radius 2 is 1.79 bits per heavy atom. The first-order valence-corrected chi connectivity index (χ1v) is 8.78. The van der Waals surface area contributed by atoms with Crippen LogP contribution in [-0.2, 0) is 15.7 Å². The van der Waals surface area contributed by atoms with Crippen molar-refractivity contribution < 1.29 is 37.3 Å². The van der Waals surface area contributed by atoms with Crippen LogP contribution >= 0.6 is 0 Å². The van der Waals surface area contributed by atoms with Crippen LogP contribution in [0.25, 0.3) is 0 Å². The van der Waals surface area contributed by atoms with Gasteiger partial charge in [0.15, 0.2) is 0 Å². The number of ether oxygens (including phenoxy) is 2. The van der Waals surface area contributed by atoms with Crippen molar-refractivity contribution in [1.29, 1.82) is 0 Å². The Bertz CT molecular complexity index is 698. The molecule has 1 aromatic rings. The topological polar surface area (TPSA) is 84.9 Å². The highest BCUT2D eigenvalue weighted by atomic mass is 19.4. The summed E-state index contributed by atoms with van der Waals surface area (Å²) >= 11 is 0. The van der Waals surface area contributed by atoms with Crippen LogP contribution in [0, 0.1) is 0 Å². The highest BCUT2D eigenvalue weighted by molar-refractivity contribution is 5.68. The zero-order valence-electron chi connectivity index (χ0n) is 16.5. The molecule has 0 aliphatic rings. The lowest BCUT2D eigenvalue weighted by Crippen LogP contribution is -2.34. The second kappa shape index (κ2) is 9.16. The first-order chi connectivity index (χ1) is 12.7. The summed E-state index contributed by atoms with van der Waals surface area (Å²) in [7, 11) is 0. The minimum Gasteiger partial charge on any atom is -0.490 e. The quantitative estimate of drug-likeness (QED) is 0.672. The van der Waals surface area contributed by atoms with Crippen LogP contribution in [-0.4, -0.2) is 28.9 Å². The molecule has 2 N–H and O–H groups in total. The number of nitrogens with one attached hydrogen (secondary N) is 1. The minimum atomic E-state index is -4.68. The van der Waals surface area contributed by atoms with E-state index in [1.165, 1.54) is 26.0 Å². The SMILES string of the molecule is C[C@@H](CCC(=O)O)Oc1c([C@@H](C)NC(=O)OC(C)(C)C)cccc1C(F)(F)F. The number of carbonyl (C=O) groups is 2. The standard InChI is InChI=1S/C19H26F3NO5/c1-11(9-10-15(24)25)27-16-13(7-6-8-14(16)19(20,21)22)12(2)23-17(26)28-18(3,4)5/h6-8,11-12H,9-10H2,1-5H3,(H,23,26)(H,24,25)/t11-,12+/m0/s1. The summed E-state index contributed by atoms with van der Waals surface area (Å²) in [4.78, 5) is 22.7. The number of halogens is 3. The molecule has 0 aromatic heterocycles. The van der Waals surface area contributed by atoms with Crippen LogP contribution in [0.5, 0.6) is 5.75 Å². The number of carbonyl (C=O) groups excluding carboxylic acids is 1. The second-order valence-corrected chi connectivity index (χ2v) is 7.45. The van der Waals surface area contributed by atoms with Gasteiger partial charge in [-0.2, -0.15) is 13.2 Å².